The van der Waals surface area contributed by atoms with Crippen molar-refractivity contribution in [2.45, 2.75) is 0 Å². The van der Waals surface area contributed by atoms with Crippen molar-refractivity contribution < 1.29 is 19.6 Å². The van der Waals surface area contributed by atoms with Gasteiger partial charge in [-0.05, 0) is 35.8 Å². The maximum atomic E-state index is 11.1. The number of carbonyl (C=O) groups excluding carboxylic acids is 2. The van der Waals surface area contributed by atoms with Crippen LogP contribution in [-0.2, 0) is 0 Å². The number of carbonyl (C=O) groups is 2. The fourth-order valence-corrected chi connectivity index (χ4v) is 2.80. The summed E-state index contributed by atoms with van der Waals surface area (Å²) in [4.78, 5) is 32.2. The molecule has 0 spiro atoms. The molecule has 33 heavy (non-hydrogen) atoms. The molecule has 2 aromatic heterocycles. The van der Waals surface area contributed by atoms with Crippen LogP contribution in [0.4, 0.5) is 0 Å². The van der Waals surface area contributed by atoms with E-state index in [0.29, 0.717) is 10.6 Å². The van der Waals surface area contributed by atoms with Crippen LogP contribution in [0.2, 0.25) is 10.0 Å². The van der Waals surface area contributed by atoms with Crippen LogP contribution in [0.1, 0.15) is 20.7 Å². The second kappa shape index (κ2) is 12.4. The van der Waals surface area contributed by atoms with Crippen LogP contribution in [0, 0.1) is 0 Å². The molecular weight excluding hydrogens is 470 g/mol. The largest absolute Gasteiger partial charge is 0.488 e. The first-order chi connectivity index (χ1) is 15.7. The molecule has 2 amide bonds. The SMILES string of the molecule is NC(=O)c1cc(-n2ccnc2)ccc1Cl.NC(=O)c1cc(B(O)O)ccc1Cl.c1c[nH]cn1. The summed E-state index contributed by atoms with van der Waals surface area (Å²) in [6.07, 6.45) is 10.1. The highest BCUT2D eigenvalue weighted by Crippen LogP contribution is 2.19. The summed E-state index contributed by atoms with van der Waals surface area (Å²) >= 11 is 11.5. The van der Waals surface area contributed by atoms with Gasteiger partial charge in [-0.3, -0.25) is 9.59 Å². The van der Waals surface area contributed by atoms with E-state index in [1.165, 1.54) is 18.2 Å². The second-order valence-corrected chi connectivity index (χ2v) is 7.05. The van der Waals surface area contributed by atoms with Crippen LogP contribution >= 0.6 is 23.2 Å². The van der Waals surface area contributed by atoms with Crippen LogP contribution in [0.5, 0.6) is 0 Å². The summed E-state index contributed by atoms with van der Waals surface area (Å²) < 4.78 is 1.77. The van der Waals surface area contributed by atoms with E-state index < -0.39 is 18.9 Å². The maximum Gasteiger partial charge on any atom is 0.488 e. The second-order valence-electron chi connectivity index (χ2n) is 6.24. The predicted octanol–water partition coefficient (Wildman–Crippen LogP) is 1.15. The summed E-state index contributed by atoms with van der Waals surface area (Å²) in [5.41, 5.74) is 11.5. The maximum absolute atomic E-state index is 11.1. The Labute approximate surface area is 199 Å². The average Bonchev–Trinajstić information content (AvgIpc) is 3.51. The van der Waals surface area contributed by atoms with Gasteiger partial charge in [0.1, 0.15) is 0 Å². The van der Waals surface area contributed by atoms with Crippen molar-refractivity contribution in [3.8, 4) is 5.69 Å². The summed E-state index contributed by atoms with van der Waals surface area (Å²) in [5.74, 6) is -1.24. The van der Waals surface area contributed by atoms with E-state index in [2.05, 4.69) is 15.0 Å². The number of imidazole rings is 2. The van der Waals surface area contributed by atoms with Crippen molar-refractivity contribution in [2.24, 2.45) is 11.5 Å². The molecule has 0 aliphatic rings. The van der Waals surface area contributed by atoms with E-state index in [1.54, 1.807) is 60.2 Å². The zero-order valence-corrected chi connectivity index (χ0v) is 18.5. The zero-order chi connectivity index (χ0) is 24.4. The molecule has 4 aromatic rings. The smallest absolute Gasteiger partial charge is 0.423 e. The van der Waals surface area contributed by atoms with Crippen LogP contribution in [0.15, 0.2) is 73.8 Å². The number of nitrogens with one attached hydrogen (secondary N) is 1. The molecule has 0 radical (unpaired) electrons. The average molecular weight is 489 g/mol. The predicted molar refractivity (Wildman–Crippen MR) is 125 cm³/mol. The minimum absolute atomic E-state index is 0.0762. The minimum Gasteiger partial charge on any atom is -0.423 e. The Morgan fingerprint density at radius 3 is 2.03 bits per heavy atom. The molecular formula is C20H19BCl2N6O4. The number of rotatable bonds is 4. The Kier molecular flexibility index (Phi) is 9.64. The molecule has 0 bridgehead atoms. The first-order valence-electron chi connectivity index (χ1n) is 9.16. The topological polar surface area (TPSA) is 173 Å². The van der Waals surface area contributed by atoms with Crippen LogP contribution < -0.4 is 16.9 Å². The van der Waals surface area contributed by atoms with Gasteiger partial charge in [0.05, 0.1) is 33.8 Å². The molecule has 0 unspecified atom stereocenters. The molecule has 7 N–H and O–H groups in total. The molecule has 4 rings (SSSR count). The normalized spacial score (nSPS) is 9.70. The van der Waals surface area contributed by atoms with Crippen molar-refractivity contribution in [3.63, 3.8) is 0 Å². The standard InChI is InChI=1S/C10H8ClN3O.C7H7BClNO3.C3H4N2/c11-9-2-1-7(5-8(9)10(12)15)14-4-3-13-6-14;9-6-2-1-4(8(12)13)3-5(6)7(10)11;1-2-5-3-4-1/h1-6H,(H2,12,15);1-3,12-13H,(H2,10,11);1-3H,(H,4,5). The molecule has 0 aliphatic heterocycles. The lowest BCUT2D eigenvalue weighted by molar-refractivity contribution is 0.0992. The first-order valence-corrected chi connectivity index (χ1v) is 9.92. The number of benzene rings is 2. The Bertz CT molecular complexity index is 1170. The number of amides is 2. The van der Waals surface area contributed by atoms with Crippen molar-refractivity contribution in [1.82, 2.24) is 19.5 Å². The third kappa shape index (κ3) is 7.77. The van der Waals surface area contributed by atoms with E-state index in [-0.39, 0.29) is 16.0 Å². The van der Waals surface area contributed by atoms with Gasteiger partial charge in [-0.1, -0.05) is 29.3 Å². The van der Waals surface area contributed by atoms with Crippen LogP contribution in [-0.4, -0.2) is 48.5 Å². The molecule has 0 saturated carbocycles. The number of primary amides is 2. The summed E-state index contributed by atoms with van der Waals surface area (Å²) in [5, 5.41) is 18.1. The molecule has 0 fully saturated rings. The quantitative estimate of drug-likeness (QED) is 0.269. The van der Waals surface area contributed by atoms with Crippen LogP contribution in [0.3, 0.4) is 0 Å². The molecule has 13 heteroatoms. The number of halogens is 2. The first kappa shape index (κ1) is 25.6. The lowest BCUT2D eigenvalue weighted by Gasteiger charge is -2.05. The highest BCUT2D eigenvalue weighted by atomic mass is 35.5. The highest BCUT2D eigenvalue weighted by Gasteiger charge is 2.14. The number of nitrogens with two attached hydrogens (primary N) is 2. The molecule has 0 saturated heterocycles. The molecule has 2 aromatic carbocycles. The third-order valence-electron chi connectivity index (χ3n) is 3.98. The fraction of sp³-hybridized carbons (Fsp3) is 0. The van der Waals surface area contributed by atoms with E-state index in [1.807, 2.05) is 0 Å². The number of hydrogen-bond donors (Lipinski definition) is 5. The van der Waals surface area contributed by atoms with Gasteiger partial charge in [-0.15, -0.1) is 0 Å². The molecule has 0 aliphatic carbocycles. The Morgan fingerprint density at radius 2 is 1.58 bits per heavy atom. The van der Waals surface area contributed by atoms with Gasteiger partial charge in [-0.2, -0.15) is 0 Å². The number of H-pyrrole nitrogens is 1. The van der Waals surface area contributed by atoms with Crippen molar-refractivity contribution in [2.75, 3.05) is 0 Å². The third-order valence-corrected chi connectivity index (χ3v) is 4.64. The summed E-state index contributed by atoms with van der Waals surface area (Å²) in [7, 11) is -1.63. The molecule has 170 valence electrons. The van der Waals surface area contributed by atoms with Gasteiger partial charge in [0.2, 0.25) is 11.8 Å². The Hall–Kier alpha value is -3.64. The van der Waals surface area contributed by atoms with E-state index in [0.717, 1.165) is 5.69 Å². The Balaban J connectivity index is 0.000000195. The van der Waals surface area contributed by atoms with Gasteiger partial charge >= 0.3 is 7.12 Å². The summed E-state index contributed by atoms with van der Waals surface area (Å²) in [6.45, 7) is 0. The Morgan fingerprint density at radius 1 is 0.939 bits per heavy atom. The minimum atomic E-state index is -1.63. The van der Waals surface area contributed by atoms with Gasteiger partial charge in [0.15, 0.2) is 0 Å². The highest BCUT2D eigenvalue weighted by molar-refractivity contribution is 6.58. The van der Waals surface area contributed by atoms with Crippen LogP contribution in [0.25, 0.3) is 5.69 Å². The van der Waals surface area contributed by atoms with Gasteiger partial charge < -0.3 is 31.1 Å². The fourth-order valence-electron chi connectivity index (χ4n) is 2.38. The van der Waals surface area contributed by atoms with Gasteiger partial charge in [0.25, 0.3) is 0 Å². The summed E-state index contributed by atoms with van der Waals surface area (Å²) in [6, 6.07) is 9.09. The van der Waals surface area contributed by atoms with Crippen molar-refractivity contribution in [1.29, 1.82) is 0 Å². The number of nitrogens with zero attached hydrogens (tertiary/aromatic N) is 3. The van der Waals surface area contributed by atoms with Crippen molar-refractivity contribution >= 4 is 47.6 Å². The zero-order valence-electron chi connectivity index (χ0n) is 17.0. The number of aromatic nitrogens is 4. The number of aromatic amines is 1. The van der Waals surface area contributed by atoms with E-state index in [4.69, 9.17) is 44.7 Å². The monoisotopic (exact) mass is 488 g/mol. The molecule has 2 heterocycles. The molecule has 10 nitrogen and oxygen atoms in total. The van der Waals surface area contributed by atoms with Crippen molar-refractivity contribution in [3.05, 3.63) is 95.0 Å². The molecule has 0 atom stereocenters. The lowest BCUT2D eigenvalue weighted by Crippen LogP contribution is -2.31. The van der Waals surface area contributed by atoms with Gasteiger partial charge in [0, 0.05) is 30.5 Å². The van der Waals surface area contributed by atoms with E-state index >= 15 is 0 Å². The van der Waals surface area contributed by atoms with Gasteiger partial charge in [-0.25, -0.2) is 9.97 Å². The van der Waals surface area contributed by atoms with E-state index in [9.17, 15) is 9.59 Å². The number of hydrogen-bond acceptors (Lipinski definition) is 6. The lowest BCUT2D eigenvalue weighted by atomic mass is 9.79.